The summed E-state index contributed by atoms with van der Waals surface area (Å²) in [6.07, 6.45) is 3.56. The monoisotopic (exact) mass is 317 g/mol. The van der Waals surface area contributed by atoms with E-state index in [1.807, 2.05) is 12.1 Å². The average Bonchev–Trinajstić information content (AvgIpc) is 2.80. The molecule has 1 aliphatic rings. The Morgan fingerprint density at radius 1 is 1.42 bits per heavy atom. The van der Waals surface area contributed by atoms with Gasteiger partial charge in [0.15, 0.2) is 0 Å². The normalized spacial score (nSPS) is 24.6. The SMILES string of the molecule is CCNC(Cc1ccc(Cl)cc1Cl)C1(C)CCCS1. The molecular weight excluding hydrogens is 297 g/mol. The topological polar surface area (TPSA) is 12.0 Å². The molecule has 1 aromatic rings. The Kier molecular flexibility index (Phi) is 5.47. The second-order valence-electron chi connectivity index (χ2n) is 5.31. The van der Waals surface area contributed by atoms with E-state index in [-0.39, 0.29) is 0 Å². The Morgan fingerprint density at radius 3 is 2.79 bits per heavy atom. The Hall–Kier alpha value is 0.110. The van der Waals surface area contributed by atoms with Gasteiger partial charge in [0.1, 0.15) is 0 Å². The van der Waals surface area contributed by atoms with E-state index in [9.17, 15) is 0 Å². The molecule has 1 fully saturated rings. The second-order valence-corrected chi connectivity index (χ2v) is 7.79. The van der Waals surface area contributed by atoms with Crippen LogP contribution in [-0.4, -0.2) is 23.1 Å². The maximum Gasteiger partial charge on any atom is 0.0453 e. The van der Waals surface area contributed by atoms with Gasteiger partial charge in [0.25, 0.3) is 0 Å². The van der Waals surface area contributed by atoms with Crippen molar-refractivity contribution in [2.75, 3.05) is 12.3 Å². The van der Waals surface area contributed by atoms with Crippen LogP contribution in [0.25, 0.3) is 0 Å². The first-order valence-corrected chi connectivity index (χ1v) is 8.60. The van der Waals surface area contributed by atoms with Crippen LogP contribution in [0.15, 0.2) is 18.2 Å². The van der Waals surface area contributed by atoms with Gasteiger partial charge in [-0.05, 0) is 56.2 Å². The highest BCUT2D eigenvalue weighted by molar-refractivity contribution is 8.00. The summed E-state index contributed by atoms with van der Waals surface area (Å²) in [6, 6.07) is 6.28. The number of hydrogen-bond donors (Lipinski definition) is 1. The number of likely N-dealkylation sites (N-methyl/N-ethyl adjacent to an activating group) is 1. The van der Waals surface area contributed by atoms with Gasteiger partial charge in [-0.15, -0.1) is 0 Å². The van der Waals surface area contributed by atoms with Crippen molar-refractivity contribution < 1.29 is 0 Å². The molecule has 1 saturated heterocycles. The summed E-state index contributed by atoms with van der Waals surface area (Å²) in [5.41, 5.74) is 1.19. The van der Waals surface area contributed by atoms with Gasteiger partial charge in [-0.2, -0.15) is 11.8 Å². The molecule has 2 unspecified atom stereocenters. The second kappa shape index (κ2) is 6.71. The van der Waals surface area contributed by atoms with Gasteiger partial charge in [-0.25, -0.2) is 0 Å². The zero-order valence-corrected chi connectivity index (χ0v) is 13.8. The van der Waals surface area contributed by atoms with E-state index in [0.717, 1.165) is 18.0 Å². The van der Waals surface area contributed by atoms with Crippen molar-refractivity contribution in [2.24, 2.45) is 0 Å². The smallest absolute Gasteiger partial charge is 0.0453 e. The summed E-state index contributed by atoms with van der Waals surface area (Å²) in [6.45, 7) is 5.54. The highest BCUT2D eigenvalue weighted by Gasteiger charge is 2.37. The van der Waals surface area contributed by atoms with Crippen LogP contribution < -0.4 is 5.32 Å². The minimum atomic E-state index is 0.318. The molecule has 0 radical (unpaired) electrons. The molecule has 1 N–H and O–H groups in total. The minimum absolute atomic E-state index is 0.318. The molecule has 0 bridgehead atoms. The Morgan fingerprint density at radius 2 is 2.21 bits per heavy atom. The molecule has 1 nitrogen and oxygen atoms in total. The van der Waals surface area contributed by atoms with Crippen LogP contribution >= 0.6 is 35.0 Å². The third kappa shape index (κ3) is 3.81. The fourth-order valence-electron chi connectivity index (χ4n) is 2.73. The van der Waals surface area contributed by atoms with Gasteiger partial charge >= 0.3 is 0 Å². The van der Waals surface area contributed by atoms with Gasteiger partial charge in [0.2, 0.25) is 0 Å². The molecule has 19 heavy (non-hydrogen) atoms. The lowest BCUT2D eigenvalue weighted by Crippen LogP contribution is -2.46. The molecule has 1 heterocycles. The molecule has 0 spiro atoms. The molecule has 106 valence electrons. The minimum Gasteiger partial charge on any atom is -0.313 e. The summed E-state index contributed by atoms with van der Waals surface area (Å²) < 4.78 is 0.318. The number of nitrogens with one attached hydrogen (secondary N) is 1. The van der Waals surface area contributed by atoms with Crippen LogP contribution in [0, 0.1) is 0 Å². The van der Waals surface area contributed by atoms with Gasteiger partial charge in [0, 0.05) is 20.8 Å². The molecule has 2 rings (SSSR count). The van der Waals surface area contributed by atoms with E-state index in [2.05, 4.69) is 37.0 Å². The average molecular weight is 318 g/mol. The lowest BCUT2D eigenvalue weighted by Gasteiger charge is -2.34. The largest absolute Gasteiger partial charge is 0.313 e. The highest BCUT2D eigenvalue weighted by atomic mass is 35.5. The number of hydrogen-bond acceptors (Lipinski definition) is 2. The van der Waals surface area contributed by atoms with E-state index in [1.54, 1.807) is 0 Å². The standard InChI is InChI=1S/C15H21Cl2NS/c1-3-18-14(15(2)7-4-8-19-15)9-11-5-6-12(16)10-13(11)17/h5-6,10,14,18H,3-4,7-9H2,1-2H3. The number of thioether (sulfide) groups is 1. The molecule has 0 amide bonds. The van der Waals surface area contributed by atoms with Crippen molar-refractivity contribution in [1.82, 2.24) is 5.32 Å². The van der Waals surface area contributed by atoms with Crippen molar-refractivity contribution in [2.45, 2.75) is 43.9 Å². The van der Waals surface area contributed by atoms with Gasteiger partial charge in [-0.1, -0.05) is 36.2 Å². The molecular formula is C15H21Cl2NS. The van der Waals surface area contributed by atoms with Gasteiger partial charge < -0.3 is 5.32 Å². The van der Waals surface area contributed by atoms with E-state index >= 15 is 0 Å². The predicted molar refractivity (Wildman–Crippen MR) is 87.7 cm³/mol. The Labute approximate surface area is 130 Å². The first kappa shape index (κ1) is 15.5. The van der Waals surface area contributed by atoms with Crippen molar-refractivity contribution in [3.05, 3.63) is 33.8 Å². The summed E-state index contributed by atoms with van der Waals surface area (Å²) >= 11 is 14.4. The Balaban J connectivity index is 2.16. The summed E-state index contributed by atoms with van der Waals surface area (Å²) in [5.74, 6) is 1.27. The maximum atomic E-state index is 6.31. The molecule has 1 aliphatic heterocycles. The highest BCUT2D eigenvalue weighted by Crippen LogP contribution is 2.41. The predicted octanol–water partition coefficient (Wildman–Crippen LogP) is 4.80. The molecule has 4 heteroatoms. The zero-order valence-electron chi connectivity index (χ0n) is 11.5. The maximum absolute atomic E-state index is 6.31. The van der Waals surface area contributed by atoms with Crippen LogP contribution in [-0.2, 0) is 6.42 Å². The van der Waals surface area contributed by atoms with Crippen LogP contribution in [0.2, 0.25) is 10.0 Å². The fraction of sp³-hybridized carbons (Fsp3) is 0.600. The van der Waals surface area contributed by atoms with Crippen LogP contribution in [0.3, 0.4) is 0 Å². The summed E-state index contributed by atoms with van der Waals surface area (Å²) in [5, 5.41) is 5.13. The molecule has 0 aliphatic carbocycles. The van der Waals surface area contributed by atoms with Crippen molar-refractivity contribution in [1.29, 1.82) is 0 Å². The number of halogens is 2. The third-order valence-electron chi connectivity index (χ3n) is 3.88. The van der Waals surface area contributed by atoms with Crippen molar-refractivity contribution >= 4 is 35.0 Å². The van der Waals surface area contributed by atoms with E-state index in [1.165, 1.54) is 24.2 Å². The first-order valence-electron chi connectivity index (χ1n) is 6.86. The zero-order chi connectivity index (χ0) is 13.9. The lowest BCUT2D eigenvalue weighted by molar-refractivity contribution is 0.406. The van der Waals surface area contributed by atoms with Crippen LogP contribution in [0.1, 0.15) is 32.3 Å². The quantitative estimate of drug-likeness (QED) is 0.837. The molecule has 0 saturated carbocycles. The Bertz CT molecular complexity index is 430. The van der Waals surface area contributed by atoms with E-state index in [0.29, 0.717) is 15.8 Å². The lowest BCUT2D eigenvalue weighted by atomic mass is 9.90. The number of benzene rings is 1. The van der Waals surface area contributed by atoms with Crippen molar-refractivity contribution in [3.8, 4) is 0 Å². The molecule has 1 aromatic carbocycles. The fourth-order valence-corrected chi connectivity index (χ4v) is 4.63. The summed E-state index contributed by atoms with van der Waals surface area (Å²) in [7, 11) is 0. The van der Waals surface area contributed by atoms with Crippen LogP contribution in [0.4, 0.5) is 0 Å². The van der Waals surface area contributed by atoms with E-state index < -0.39 is 0 Å². The molecule has 0 aromatic heterocycles. The van der Waals surface area contributed by atoms with Crippen LogP contribution in [0.5, 0.6) is 0 Å². The molecule has 2 atom stereocenters. The van der Waals surface area contributed by atoms with E-state index in [4.69, 9.17) is 23.2 Å². The van der Waals surface area contributed by atoms with Gasteiger partial charge in [-0.3, -0.25) is 0 Å². The third-order valence-corrected chi connectivity index (χ3v) is 6.10. The van der Waals surface area contributed by atoms with Crippen molar-refractivity contribution in [3.63, 3.8) is 0 Å². The first-order chi connectivity index (χ1) is 9.05. The van der Waals surface area contributed by atoms with Gasteiger partial charge in [0.05, 0.1) is 0 Å². The summed E-state index contributed by atoms with van der Waals surface area (Å²) in [4.78, 5) is 0. The number of rotatable bonds is 5.